The first-order valence-electron chi connectivity index (χ1n) is 9.24. The maximum atomic E-state index is 12.8. The van der Waals surface area contributed by atoms with Crippen molar-refractivity contribution in [2.75, 3.05) is 26.7 Å². The van der Waals surface area contributed by atoms with Crippen LogP contribution in [0.2, 0.25) is 0 Å². The number of piperidine rings is 1. The minimum atomic E-state index is 0. The van der Waals surface area contributed by atoms with Gasteiger partial charge in [-0.3, -0.25) is 4.79 Å². The minimum Gasteiger partial charge on any atom is -0.337 e. The molecule has 0 aliphatic carbocycles. The molecular weight excluding hydrogens is 394 g/mol. The molecule has 0 bridgehead atoms. The third-order valence-electron chi connectivity index (χ3n) is 4.87. The third kappa shape index (κ3) is 4.43. The fraction of sp³-hybridized carbons (Fsp3) is 0.350. The first kappa shape index (κ1) is 20.5. The van der Waals surface area contributed by atoms with Crippen molar-refractivity contribution in [2.45, 2.75) is 12.8 Å². The number of nitrogens with zero attached hydrogens (tertiary/aromatic N) is 4. The van der Waals surface area contributed by atoms with E-state index in [2.05, 4.69) is 15.4 Å². The van der Waals surface area contributed by atoms with E-state index in [4.69, 9.17) is 0 Å². The molecule has 0 spiro atoms. The summed E-state index contributed by atoms with van der Waals surface area (Å²) in [4.78, 5) is 19.4. The van der Waals surface area contributed by atoms with Gasteiger partial charge in [-0.25, -0.2) is 9.67 Å². The molecule has 3 aromatic rings. The first-order chi connectivity index (χ1) is 13.2. The largest absolute Gasteiger partial charge is 0.337 e. The van der Waals surface area contributed by atoms with Crippen LogP contribution < -0.4 is 5.32 Å². The van der Waals surface area contributed by atoms with Crippen molar-refractivity contribution in [1.29, 1.82) is 0 Å². The average molecular weight is 418 g/mol. The van der Waals surface area contributed by atoms with Gasteiger partial charge in [0.2, 0.25) is 0 Å². The quantitative estimate of drug-likeness (QED) is 0.690. The topological polar surface area (TPSA) is 63.1 Å². The van der Waals surface area contributed by atoms with Gasteiger partial charge >= 0.3 is 0 Å². The van der Waals surface area contributed by atoms with Gasteiger partial charge in [-0.2, -0.15) is 5.10 Å². The summed E-state index contributed by atoms with van der Waals surface area (Å²) in [7, 11) is 1.96. The lowest BCUT2D eigenvalue weighted by atomic mass is 9.98. The Hall–Kier alpha value is -2.22. The fourth-order valence-corrected chi connectivity index (χ4v) is 4.30. The molecule has 1 aliphatic rings. The van der Waals surface area contributed by atoms with E-state index in [1.165, 1.54) is 17.8 Å². The maximum Gasteiger partial charge on any atom is 0.273 e. The highest BCUT2D eigenvalue weighted by molar-refractivity contribution is 7.13. The summed E-state index contributed by atoms with van der Waals surface area (Å²) >= 11 is 1.49. The van der Waals surface area contributed by atoms with Crippen LogP contribution in [-0.4, -0.2) is 52.3 Å². The van der Waals surface area contributed by atoms with Gasteiger partial charge in [-0.05, 0) is 44.5 Å². The fourth-order valence-electron chi connectivity index (χ4n) is 3.53. The number of halogens is 1. The van der Waals surface area contributed by atoms with E-state index < -0.39 is 0 Å². The SMILES string of the molecule is CNCC1CCCN(C(=O)c2csc(-c3cnn(-c4ccccc4)c3)n2)C1.Cl. The van der Waals surface area contributed by atoms with Gasteiger partial charge in [0.25, 0.3) is 5.91 Å². The number of carbonyl (C=O) groups excluding carboxylic acids is 1. The molecule has 1 atom stereocenters. The van der Waals surface area contributed by atoms with Crippen LogP contribution in [0.15, 0.2) is 48.1 Å². The molecule has 8 heteroatoms. The number of thiazole rings is 1. The van der Waals surface area contributed by atoms with Gasteiger partial charge in [0.1, 0.15) is 10.7 Å². The van der Waals surface area contributed by atoms with Gasteiger partial charge in [0, 0.05) is 30.2 Å². The number of benzene rings is 1. The summed E-state index contributed by atoms with van der Waals surface area (Å²) in [5.74, 6) is 0.559. The van der Waals surface area contributed by atoms with E-state index in [-0.39, 0.29) is 18.3 Å². The van der Waals surface area contributed by atoms with E-state index >= 15 is 0 Å². The Morgan fingerprint density at radius 2 is 2.14 bits per heavy atom. The van der Waals surface area contributed by atoms with Crippen LogP contribution >= 0.6 is 23.7 Å². The highest BCUT2D eigenvalue weighted by Crippen LogP contribution is 2.26. The van der Waals surface area contributed by atoms with E-state index in [0.29, 0.717) is 11.6 Å². The molecule has 0 saturated carbocycles. The predicted molar refractivity (Wildman–Crippen MR) is 114 cm³/mol. The summed E-state index contributed by atoms with van der Waals surface area (Å²) in [6.45, 7) is 2.57. The van der Waals surface area contributed by atoms with Crippen molar-refractivity contribution < 1.29 is 4.79 Å². The number of rotatable bonds is 5. The number of amides is 1. The number of hydrogen-bond donors (Lipinski definition) is 1. The van der Waals surface area contributed by atoms with Gasteiger partial charge in [-0.15, -0.1) is 23.7 Å². The number of aromatic nitrogens is 3. The van der Waals surface area contributed by atoms with Gasteiger partial charge in [0.05, 0.1) is 11.9 Å². The third-order valence-corrected chi connectivity index (χ3v) is 5.76. The van der Waals surface area contributed by atoms with Gasteiger partial charge < -0.3 is 10.2 Å². The minimum absolute atomic E-state index is 0. The zero-order chi connectivity index (χ0) is 18.6. The van der Waals surface area contributed by atoms with Crippen molar-refractivity contribution >= 4 is 29.7 Å². The zero-order valence-corrected chi connectivity index (χ0v) is 17.4. The maximum absolute atomic E-state index is 12.8. The van der Waals surface area contributed by atoms with Crippen molar-refractivity contribution in [3.63, 3.8) is 0 Å². The molecule has 6 nitrogen and oxygen atoms in total. The highest BCUT2D eigenvalue weighted by Gasteiger charge is 2.25. The van der Waals surface area contributed by atoms with Crippen molar-refractivity contribution in [1.82, 2.24) is 25.0 Å². The molecular formula is C20H24ClN5OS. The molecule has 1 aliphatic heterocycles. The summed E-state index contributed by atoms with van der Waals surface area (Å²) in [6.07, 6.45) is 5.97. The molecule has 3 heterocycles. The molecule has 1 fully saturated rings. The number of para-hydroxylation sites is 1. The van der Waals surface area contributed by atoms with Gasteiger partial charge in [-0.1, -0.05) is 18.2 Å². The Bertz CT molecular complexity index is 908. The van der Waals surface area contributed by atoms with Crippen LogP contribution in [0.1, 0.15) is 23.3 Å². The van der Waals surface area contributed by atoms with Gasteiger partial charge in [0.15, 0.2) is 0 Å². The second-order valence-corrected chi connectivity index (χ2v) is 7.72. The second kappa shape index (κ2) is 9.32. The second-order valence-electron chi connectivity index (χ2n) is 6.86. The average Bonchev–Trinajstić information content (AvgIpc) is 3.38. The first-order valence-corrected chi connectivity index (χ1v) is 10.1. The monoisotopic (exact) mass is 417 g/mol. The molecule has 1 N–H and O–H groups in total. The molecule has 0 radical (unpaired) electrons. The van der Waals surface area contributed by atoms with Crippen molar-refractivity contribution in [2.24, 2.45) is 5.92 Å². The predicted octanol–water partition coefficient (Wildman–Crippen LogP) is 3.49. The van der Waals surface area contributed by atoms with E-state index in [9.17, 15) is 4.79 Å². The smallest absolute Gasteiger partial charge is 0.273 e. The summed E-state index contributed by atoms with van der Waals surface area (Å²) in [5, 5.41) is 10.3. The Morgan fingerprint density at radius 3 is 2.93 bits per heavy atom. The Kier molecular flexibility index (Phi) is 6.83. The molecule has 1 unspecified atom stereocenters. The number of likely N-dealkylation sites (tertiary alicyclic amines) is 1. The molecule has 1 saturated heterocycles. The molecule has 148 valence electrons. The molecule has 1 amide bonds. The van der Waals surface area contributed by atoms with Crippen LogP contribution in [0, 0.1) is 5.92 Å². The van der Waals surface area contributed by atoms with Crippen LogP contribution in [-0.2, 0) is 0 Å². The Balaban J connectivity index is 0.00000225. The van der Waals surface area contributed by atoms with Crippen molar-refractivity contribution in [3.8, 4) is 16.3 Å². The number of carbonyl (C=O) groups is 1. The lowest BCUT2D eigenvalue weighted by molar-refractivity contribution is 0.0669. The zero-order valence-electron chi connectivity index (χ0n) is 15.7. The molecule has 4 rings (SSSR count). The van der Waals surface area contributed by atoms with E-state index in [1.54, 1.807) is 6.20 Å². The standard InChI is InChI=1S/C20H23N5OS.ClH/c1-21-10-15-6-5-9-24(12-15)20(26)18-14-27-19(23-18)16-11-22-25(13-16)17-7-3-2-4-8-17;/h2-4,7-8,11,13-15,21H,5-6,9-10,12H2,1H3;1H. The van der Waals surface area contributed by atoms with E-state index in [0.717, 1.165) is 42.3 Å². The summed E-state index contributed by atoms with van der Waals surface area (Å²) < 4.78 is 1.82. The van der Waals surface area contributed by atoms with Crippen molar-refractivity contribution in [3.05, 3.63) is 53.8 Å². The van der Waals surface area contributed by atoms with Crippen LogP contribution in [0.4, 0.5) is 0 Å². The molecule has 28 heavy (non-hydrogen) atoms. The highest BCUT2D eigenvalue weighted by atomic mass is 35.5. The van der Waals surface area contributed by atoms with E-state index in [1.807, 2.05) is 58.5 Å². The number of nitrogens with one attached hydrogen (secondary N) is 1. The molecule has 1 aromatic carbocycles. The summed E-state index contributed by atoms with van der Waals surface area (Å²) in [5.41, 5.74) is 2.46. The molecule has 2 aromatic heterocycles. The Labute approximate surface area is 175 Å². The normalized spacial score (nSPS) is 16.6. The lowest BCUT2D eigenvalue weighted by Crippen LogP contribution is -2.42. The Morgan fingerprint density at radius 1 is 1.32 bits per heavy atom. The van der Waals surface area contributed by atoms with Crippen LogP contribution in [0.25, 0.3) is 16.3 Å². The van der Waals surface area contributed by atoms with Crippen LogP contribution in [0.3, 0.4) is 0 Å². The summed E-state index contributed by atoms with van der Waals surface area (Å²) in [6, 6.07) is 9.96. The van der Waals surface area contributed by atoms with Crippen LogP contribution in [0.5, 0.6) is 0 Å². The lowest BCUT2D eigenvalue weighted by Gasteiger charge is -2.32. The number of hydrogen-bond acceptors (Lipinski definition) is 5.